The van der Waals surface area contributed by atoms with Crippen LogP contribution < -0.4 is 4.74 Å². The summed E-state index contributed by atoms with van der Waals surface area (Å²) in [5.74, 6) is 0.376. The number of para-hydroxylation sites is 1. The summed E-state index contributed by atoms with van der Waals surface area (Å²) < 4.78 is 44.7. The van der Waals surface area contributed by atoms with Crippen LogP contribution in [0.2, 0.25) is 0 Å². The molecule has 3 heterocycles. The maximum absolute atomic E-state index is 13.2. The smallest absolute Gasteiger partial charge is 0.344 e. The maximum Gasteiger partial charge on any atom is 0.344 e. The molecular formula is C34H38N2O8S. The Kier molecular flexibility index (Phi) is 10.2. The van der Waals surface area contributed by atoms with Gasteiger partial charge in [-0.05, 0) is 67.1 Å². The van der Waals surface area contributed by atoms with E-state index in [2.05, 4.69) is 33.7 Å². The molecule has 2 aliphatic heterocycles. The Bertz CT molecular complexity index is 1750. The van der Waals surface area contributed by atoms with E-state index in [1.807, 2.05) is 42.5 Å². The zero-order valence-electron chi connectivity index (χ0n) is 25.5. The molecule has 6 rings (SSSR count). The van der Waals surface area contributed by atoms with Gasteiger partial charge in [-0.25, -0.2) is 9.59 Å². The van der Waals surface area contributed by atoms with Crippen LogP contribution in [0.5, 0.6) is 5.88 Å². The van der Waals surface area contributed by atoms with Gasteiger partial charge in [-0.3, -0.25) is 9.45 Å². The molecule has 3 aromatic carbocycles. The fourth-order valence-corrected chi connectivity index (χ4v) is 5.89. The molecule has 0 amide bonds. The summed E-state index contributed by atoms with van der Waals surface area (Å²) in [7, 11) is -2.26. The average molecular weight is 635 g/mol. The number of aromatic nitrogens is 1. The summed E-state index contributed by atoms with van der Waals surface area (Å²) in [6.07, 6.45) is 3.63. The maximum atomic E-state index is 13.2. The van der Waals surface area contributed by atoms with Gasteiger partial charge in [0.15, 0.2) is 0 Å². The van der Waals surface area contributed by atoms with Gasteiger partial charge in [0.2, 0.25) is 5.88 Å². The Morgan fingerprint density at radius 1 is 0.933 bits per heavy atom. The molecule has 0 aliphatic carbocycles. The number of likely N-dealkylation sites (tertiary alicyclic amines) is 1. The fraction of sp³-hybridized carbons (Fsp3) is 0.353. The summed E-state index contributed by atoms with van der Waals surface area (Å²) in [6, 6.07) is 23.9. The minimum absolute atomic E-state index is 0.289. The number of aryl methyl sites for hydroxylation is 1. The van der Waals surface area contributed by atoms with E-state index < -0.39 is 10.1 Å². The van der Waals surface area contributed by atoms with Crippen molar-refractivity contribution in [3.63, 3.8) is 0 Å². The van der Waals surface area contributed by atoms with E-state index >= 15 is 0 Å². The normalized spacial score (nSPS) is 15.4. The van der Waals surface area contributed by atoms with Crippen molar-refractivity contribution >= 4 is 33.0 Å². The summed E-state index contributed by atoms with van der Waals surface area (Å²) in [5, 5.41) is 0.902. The first kappa shape index (κ1) is 32.2. The zero-order valence-corrected chi connectivity index (χ0v) is 26.3. The van der Waals surface area contributed by atoms with Crippen LogP contribution in [0.25, 0.3) is 22.0 Å². The molecule has 1 fully saturated rings. The number of rotatable bonds is 7. The van der Waals surface area contributed by atoms with Gasteiger partial charge >= 0.3 is 11.9 Å². The topological polar surface area (TPSA) is 124 Å². The standard InChI is InChI=1S/C33H34N2O5.CH4O3S/c1-38-32(36)27-8-3-2-7-26(27)25-13-11-23(12-14-25)21-34-18-15-24(16-19-34)22-40-33(37)30-28-9-4-5-10-29(28)35-17-6-20-39-31(30)35;1-5(2,3)4/h2-5,7-14,24H,6,15-22H2,1H3;1H3,(H,2,3,4). The quantitative estimate of drug-likeness (QED) is 0.209. The number of hydrogen-bond donors (Lipinski definition) is 1. The lowest BCUT2D eigenvalue weighted by atomic mass is 9.96. The first-order valence-corrected chi connectivity index (χ1v) is 16.8. The molecule has 0 bridgehead atoms. The van der Waals surface area contributed by atoms with E-state index in [0.717, 1.165) is 67.5 Å². The fourth-order valence-electron chi connectivity index (χ4n) is 5.89. The van der Waals surface area contributed by atoms with E-state index in [1.54, 1.807) is 6.07 Å². The third-order valence-corrected chi connectivity index (χ3v) is 8.05. The van der Waals surface area contributed by atoms with Crippen LogP contribution in [0.3, 0.4) is 0 Å². The van der Waals surface area contributed by atoms with Crippen molar-refractivity contribution in [2.24, 2.45) is 5.92 Å². The Morgan fingerprint density at radius 2 is 1.60 bits per heavy atom. The van der Waals surface area contributed by atoms with Gasteiger partial charge in [0.1, 0.15) is 5.56 Å². The SMILES string of the molecule is COC(=O)c1ccccc1-c1ccc(CN2CCC(COC(=O)c3c4n(c5ccccc35)CCCO4)CC2)cc1.CS(=O)(=O)O. The first-order chi connectivity index (χ1) is 21.6. The molecule has 0 saturated carbocycles. The van der Waals surface area contributed by atoms with E-state index in [9.17, 15) is 18.0 Å². The molecular weight excluding hydrogens is 596 g/mol. The molecule has 10 nitrogen and oxygen atoms in total. The number of nitrogens with zero attached hydrogens (tertiary/aromatic N) is 2. The van der Waals surface area contributed by atoms with Gasteiger partial charge in [0, 0.05) is 18.5 Å². The number of carbonyl (C=O) groups excluding carboxylic acids is 2. The van der Waals surface area contributed by atoms with E-state index in [-0.39, 0.29) is 11.9 Å². The summed E-state index contributed by atoms with van der Waals surface area (Å²) in [5.41, 5.74) is 5.25. The van der Waals surface area contributed by atoms with Crippen LogP contribution in [-0.2, 0) is 32.7 Å². The van der Waals surface area contributed by atoms with Crippen LogP contribution in [0.4, 0.5) is 0 Å². The minimum Gasteiger partial charge on any atom is -0.478 e. The van der Waals surface area contributed by atoms with Crippen molar-refractivity contribution in [3.05, 3.63) is 89.5 Å². The Morgan fingerprint density at radius 3 is 2.31 bits per heavy atom. The molecule has 0 spiro atoms. The third kappa shape index (κ3) is 8.10. The lowest BCUT2D eigenvalue weighted by molar-refractivity contribution is 0.0364. The summed E-state index contributed by atoms with van der Waals surface area (Å²) in [6.45, 7) is 4.70. The molecule has 238 valence electrons. The number of benzene rings is 3. The summed E-state index contributed by atoms with van der Waals surface area (Å²) in [4.78, 5) is 27.8. The highest BCUT2D eigenvalue weighted by atomic mass is 32.2. The lowest BCUT2D eigenvalue weighted by Crippen LogP contribution is -2.35. The van der Waals surface area contributed by atoms with Crippen LogP contribution >= 0.6 is 0 Å². The van der Waals surface area contributed by atoms with Crippen LogP contribution in [0.1, 0.15) is 45.5 Å². The van der Waals surface area contributed by atoms with E-state index in [4.69, 9.17) is 18.8 Å². The molecule has 0 radical (unpaired) electrons. The molecule has 0 unspecified atom stereocenters. The molecule has 45 heavy (non-hydrogen) atoms. The second-order valence-corrected chi connectivity index (χ2v) is 12.8. The van der Waals surface area contributed by atoms with Crippen molar-refractivity contribution in [2.45, 2.75) is 32.4 Å². The third-order valence-electron chi connectivity index (χ3n) is 8.05. The van der Waals surface area contributed by atoms with Crippen molar-refractivity contribution in [3.8, 4) is 17.0 Å². The van der Waals surface area contributed by atoms with Gasteiger partial charge in [0.25, 0.3) is 10.1 Å². The van der Waals surface area contributed by atoms with Gasteiger partial charge in [-0.1, -0.05) is 60.7 Å². The average Bonchev–Trinajstić information content (AvgIpc) is 3.38. The first-order valence-electron chi connectivity index (χ1n) is 14.9. The number of ether oxygens (including phenoxy) is 3. The van der Waals surface area contributed by atoms with Crippen LogP contribution in [0, 0.1) is 5.92 Å². The van der Waals surface area contributed by atoms with Gasteiger partial charge in [0.05, 0.1) is 37.7 Å². The van der Waals surface area contributed by atoms with E-state index in [1.165, 1.54) is 12.7 Å². The molecule has 4 aromatic rings. The lowest BCUT2D eigenvalue weighted by Gasteiger charge is -2.31. The second kappa shape index (κ2) is 14.3. The largest absolute Gasteiger partial charge is 0.478 e. The van der Waals surface area contributed by atoms with E-state index in [0.29, 0.717) is 42.4 Å². The van der Waals surface area contributed by atoms with Crippen molar-refractivity contribution in [2.75, 3.05) is 39.7 Å². The number of fused-ring (bicyclic) bond motifs is 3. The molecule has 11 heteroatoms. The Balaban J connectivity index is 0.000000743. The summed E-state index contributed by atoms with van der Waals surface area (Å²) >= 11 is 0. The highest BCUT2D eigenvalue weighted by molar-refractivity contribution is 7.85. The number of hydrogen-bond acceptors (Lipinski definition) is 8. The number of carbonyl (C=O) groups is 2. The molecule has 2 aliphatic rings. The highest BCUT2D eigenvalue weighted by Gasteiger charge is 2.28. The Labute approximate surface area is 263 Å². The Hall–Kier alpha value is -4.19. The second-order valence-electron chi connectivity index (χ2n) is 11.3. The minimum atomic E-state index is -3.67. The van der Waals surface area contributed by atoms with Gasteiger partial charge < -0.3 is 18.8 Å². The van der Waals surface area contributed by atoms with Crippen molar-refractivity contribution in [1.29, 1.82) is 0 Å². The van der Waals surface area contributed by atoms with Gasteiger partial charge in [-0.15, -0.1) is 0 Å². The zero-order chi connectivity index (χ0) is 32.0. The van der Waals surface area contributed by atoms with Gasteiger partial charge in [-0.2, -0.15) is 8.42 Å². The van der Waals surface area contributed by atoms with Crippen molar-refractivity contribution in [1.82, 2.24) is 9.47 Å². The predicted molar refractivity (Wildman–Crippen MR) is 171 cm³/mol. The monoisotopic (exact) mass is 634 g/mol. The molecule has 0 atom stereocenters. The molecule has 1 N–H and O–H groups in total. The molecule has 1 saturated heterocycles. The number of methoxy groups -OCH3 is 1. The van der Waals surface area contributed by atoms with Crippen LogP contribution in [-0.4, -0.2) is 74.0 Å². The van der Waals surface area contributed by atoms with Crippen molar-refractivity contribution < 1.29 is 36.8 Å². The number of esters is 2. The predicted octanol–water partition coefficient (Wildman–Crippen LogP) is 5.45. The number of piperidine rings is 1. The van der Waals surface area contributed by atoms with Crippen LogP contribution in [0.15, 0.2) is 72.8 Å². The molecule has 1 aromatic heterocycles. The highest BCUT2D eigenvalue weighted by Crippen LogP contribution is 2.35.